The maximum absolute atomic E-state index is 14.3. The van der Waals surface area contributed by atoms with Gasteiger partial charge < -0.3 is 4.74 Å². The highest BCUT2D eigenvalue weighted by molar-refractivity contribution is 5.59. The number of pyridine rings is 1. The molecule has 6 nitrogen and oxygen atoms in total. The Hall–Kier alpha value is -2.85. The van der Waals surface area contributed by atoms with Crippen LogP contribution in [0.2, 0.25) is 0 Å². The summed E-state index contributed by atoms with van der Waals surface area (Å²) in [5.74, 6) is -2.32. The van der Waals surface area contributed by atoms with Crippen LogP contribution in [0.15, 0.2) is 24.7 Å². The van der Waals surface area contributed by atoms with Crippen molar-refractivity contribution in [2.75, 3.05) is 0 Å². The number of rotatable bonds is 3. The minimum absolute atomic E-state index is 0.0470. The van der Waals surface area contributed by atoms with Gasteiger partial charge in [-0.2, -0.15) is 13.2 Å². The SMILES string of the molecule is CC1(F)CC(Oc2ncc(-c3cn4c(C(F)(F)F)nnc4cn3)cc2F)C1. The predicted molar refractivity (Wildman–Crippen MR) is 82.1 cm³/mol. The zero-order valence-corrected chi connectivity index (χ0v) is 13.8. The van der Waals surface area contributed by atoms with Crippen molar-refractivity contribution in [3.05, 3.63) is 36.3 Å². The fourth-order valence-corrected chi connectivity index (χ4v) is 2.93. The molecule has 0 unspecified atom stereocenters. The quantitative estimate of drug-likeness (QED) is 0.645. The number of hydrogen-bond donors (Lipinski definition) is 0. The second kappa shape index (κ2) is 5.83. The number of hydrogen-bond acceptors (Lipinski definition) is 5. The van der Waals surface area contributed by atoms with Crippen molar-refractivity contribution in [1.29, 1.82) is 0 Å². The van der Waals surface area contributed by atoms with Crippen LogP contribution in [0.25, 0.3) is 16.9 Å². The minimum Gasteiger partial charge on any atom is -0.472 e. The summed E-state index contributed by atoms with van der Waals surface area (Å²) in [6.45, 7) is 1.43. The highest BCUT2D eigenvalue weighted by Gasteiger charge is 2.42. The molecule has 1 saturated carbocycles. The van der Waals surface area contributed by atoms with Crippen LogP contribution in [0.4, 0.5) is 22.0 Å². The summed E-state index contributed by atoms with van der Waals surface area (Å²) < 4.78 is 72.6. The molecule has 0 bridgehead atoms. The van der Waals surface area contributed by atoms with E-state index >= 15 is 0 Å². The first kappa shape index (κ1) is 17.6. The smallest absolute Gasteiger partial charge is 0.452 e. The van der Waals surface area contributed by atoms with Crippen molar-refractivity contribution >= 4 is 5.65 Å². The topological polar surface area (TPSA) is 65.2 Å². The fraction of sp³-hybridized carbons (Fsp3) is 0.375. The van der Waals surface area contributed by atoms with E-state index in [1.165, 1.54) is 13.1 Å². The molecule has 3 aromatic rings. The van der Waals surface area contributed by atoms with E-state index in [2.05, 4.69) is 20.2 Å². The molecule has 3 heterocycles. The maximum Gasteiger partial charge on any atom is 0.452 e. The average molecular weight is 385 g/mol. The molecule has 1 fully saturated rings. The zero-order valence-electron chi connectivity index (χ0n) is 13.8. The summed E-state index contributed by atoms with van der Waals surface area (Å²) in [7, 11) is 0. The van der Waals surface area contributed by atoms with Gasteiger partial charge >= 0.3 is 6.18 Å². The number of halogens is 5. The molecule has 0 atom stereocenters. The Morgan fingerprint density at radius 1 is 1.19 bits per heavy atom. The molecule has 0 spiro atoms. The van der Waals surface area contributed by atoms with E-state index in [4.69, 9.17) is 4.74 Å². The van der Waals surface area contributed by atoms with Gasteiger partial charge in [-0.3, -0.25) is 9.38 Å². The Balaban J connectivity index is 1.62. The fourth-order valence-electron chi connectivity index (χ4n) is 2.93. The third-order valence-electron chi connectivity index (χ3n) is 4.23. The van der Waals surface area contributed by atoms with Gasteiger partial charge in [0.2, 0.25) is 5.82 Å². The van der Waals surface area contributed by atoms with E-state index in [1.807, 2.05) is 0 Å². The first-order valence-electron chi connectivity index (χ1n) is 7.92. The lowest BCUT2D eigenvalue weighted by Gasteiger charge is -2.37. The molecule has 0 radical (unpaired) electrons. The molecule has 11 heteroatoms. The Morgan fingerprint density at radius 2 is 1.93 bits per heavy atom. The molecule has 3 aromatic heterocycles. The molecular weight excluding hydrogens is 373 g/mol. The number of alkyl halides is 4. The van der Waals surface area contributed by atoms with Crippen LogP contribution in [-0.4, -0.2) is 36.3 Å². The van der Waals surface area contributed by atoms with Crippen molar-refractivity contribution in [2.45, 2.75) is 37.7 Å². The van der Waals surface area contributed by atoms with Gasteiger partial charge in [-0.15, -0.1) is 10.2 Å². The van der Waals surface area contributed by atoms with Gasteiger partial charge in [0.1, 0.15) is 11.8 Å². The standard InChI is InChI=1S/C16H12F5N5O/c1-15(18)3-9(4-15)27-13-10(17)2-8(5-23-13)11-7-26-12(6-22-11)24-25-14(26)16(19,20)21/h2,5-7,9H,3-4H2,1H3. The second-order valence-electron chi connectivity index (χ2n) is 6.59. The summed E-state index contributed by atoms with van der Waals surface area (Å²) in [5, 5.41) is 6.50. The summed E-state index contributed by atoms with van der Waals surface area (Å²) in [6.07, 6.45) is -1.52. The van der Waals surface area contributed by atoms with Gasteiger partial charge in [0, 0.05) is 30.8 Å². The Kier molecular flexibility index (Phi) is 3.79. The summed E-state index contributed by atoms with van der Waals surface area (Å²) in [5.41, 5.74) is -1.23. The van der Waals surface area contributed by atoms with Crippen molar-refractivity contribution in [2.24, 2.45) is 0 Å². The van der Waals surface area contributed by atoms with Crippen LogP contribution in [0, 0.1) is 5.82 Å². The van der Waals surface area contributed by atoms with Crippen molar-refractivity contribution in [1.82, 2.24) is 24.6 Å². The lowest BCUT2D eigenvalue weighted by Crippen LogP contribution is -2.44. The third kappa shape index (κ3) is 3.28. The number of fused-ring (bicyclic) bond motifs is 1. The largest absolute Gasteiger partial charge is 0.472 e. The van der Waals surface area contributed by atoms with Crippen molar-refractivity contribution < 1.29 is 26.7 Å². The first-order valence-corrected chi connectivity index (χ1v) is 7.92. The van der Waals surface area contributed by atoms with Gasteiger partial charge in [0.25, 0.3) is 5.88 Å². The van der Waals surface area contributed by atoms with Gasteiger partial charge in [-0.25, -0.2) is 13.8 Å². The van der Waals surface area contributed by atoms with E-state index in [0.29, 0.717) is 0 Å². The van der Waals surface area contributed by atoms with E-state index in [9.17, 15) is 22.0 Å². The van der Waals surface area contributed by atoms with Crippen LogP contribution in [0.3, 0.4) is 0 Å². The maximum atomic E-state index is 14.3. The van der Waals surface area contributed by atoms with E-state index in [0.717, 1.165) is 22.9 Å². The molecule has 0 amide bonds. The van der Waals surface area contributed by atoms with Crippen LogP contribution in [0.5, 0.6) is 5.88 Å². The van der Waals surface area contributed by atoms with Crippen LogP contribution in [-0.2, 0) is 6.18 Å². The minimum atomic E-state index is -4.70. The average Bonchev–Trinajstić information content (AvgIpc) is 2.98. The van der Waals surface area contributed by atoms with Gasteiger partial charge in [-0.1, -0.05) is 0 Å². The highest BCUT2D eigenvalue weighted by Crippen LogP contribution is 2.38. The van der Waals surface area contributed by atoms with E-state index in [-0.39, 0.29) is 35.6 Å². The molecule has 1 aliphatic carbocycles. The lowest BCUT2D eigenvalue weighted by molar-refractivity contribution is -0.145. The zero-order chi connectivity index (χ0) is 19.4. The summed E-state index contributed by atoms with van der Waals surface area (Å²) >= 11 is 0. The van der Waals surface area contributed by atoms with Gasteiger partial charge in [-0.05, 0) is 13.0 Å². The monoisotopic (exact) mass is 385 g/mol. The first-order chi connectivity index (χ1) is 12.6. The van der Waals surface area contributed by atoms with E-state index < -0.39 is 29.6 Å². The summed E-state index contributed by atoms with van der Waals surface area (Å²) in [4.78, 5) is 7.80. The lowest BCUT2D eigenvalue weighted by atomic mass is 9.81. The Morgan fingerprint density at radius 3 is 2.56 bits per heavy atom. The Bertz CT molecular complexity index is 1010. The van der Waals surface area contributed by atoms with Crippen LogP contribution < -0.4 is 4.74 Å². The highest BCUT2D eigenvalue weighted by atomic mass is 19.4. The molecule has 0 saturated heterocycles. The van der Waals surface area contributed by atoms with Crippen molar-refractivity contribution in [3.8, 4) is 17.1 Å². The molecule has 27 heavy (non-hydrogen) atoms. The van der Waals surface area contributed by atoms with E-state index in [1.54, 1.807) is 0 Å². The normalized spacial score (nSPS) is 22.7. The molecule has 0 N–H and O–H groups in total. The molecule has 4 rings (SSSR count). The number of ether oxygens (including phenoxy) is 1. The Labute approximate surface area is 149 Å². The molecule has 0 aromatic carbocycles. The number of nitrogens with zero attached hydrogens (tertiary/aromatic N) is 5. The molecule has 0 aliphatic heterocycles. The van der Waals surface area contributed by atoms with Gasteiger partial charge in [0.05, 0.1) is 11.9 Å². The predicted octanol–water partition coefficient (Wildman–Crippen LogP) is 3.61. The second-order valence-corrected chi connectivity index (χ2v) is 6.59. The molecular formula is C16H12F5N5O. The molecule has 1 aliphatic rings. The third-order valence-corrected chi connectivity index (χ3v) is 4.23. The van der Waals surface area contributed by atoms with Crippen LogP contribution in [0.1, 0.15) is 25.6 Å². The number of aromatic nitrogens is 5. The van der Waals surface area contributed by atoms with Crippen molar-refractivity contribution in [3.63, 3.8) is 0 Å². The summed E-state index contributed by atoms with van der Waals surface area (Å²) in [6, 6.07) is 1.04. The van der Waals surface area contributed by atoms with Crippen LogP contribution >= 0.6 is 0 Å². The van der Waals surface area contributed by atoms with Gasteiger partial charge in [0.15, 0.2) is 11.5 Å². The molecule has 142 valence electrons.